The summed E-state index contributed by atoms with van der Waals surface area (Å²) in [5.74, 6) is 0. The van der Waals surface area contributed by atoms with Crippen LogP contribution in [0.1, 0.15) is 11.3 Å². The Kier molecular flexibility index (Phi) is 1.80. The van der Waals surface area contributed by atoms with Crippen molar-refractivity contribution < 1.29 is 17.7 Å². The number of hydrogen-bond donors (Lipinski definition) is 0. The van der Waals surface area contributed by atoms with Crippen molar-refractivity contribution >= 4 is 12.4 Å². The largest absolute Gasteiger partial charge is 0.511 e. The van der Waals surface area contributed by atoms with Crippen molar-refractivity contribution in [3.05, 3.63) is 23.5 Å². The third-order valence-electron chi connectivity index (χ3n) is 1.96. The summed E-state index contributed by atoms with van der Waals surface area (Å²) in [5, 5.41) is 0. The van der Waals surface area contributed by atoms with Gasteiger partial charge in [0.1, 0.15) is 0 Å². The molecule has 0 fully saturated rings. The minimum atomic E-state index is -4.94. The highest BCUT2D eigenvalue weighted by Crippen LogP contribution is 2.17. The molecule has 0 spiro atoms. The van der Waals surface area contributed by atoms with Gasteiger partial charge in [-0.2, -0.15) is 0 Å². The second-order valence-electron chi connectivity index (χ2n) is 2.94. The lowest BCUT2D eigenvalue weighted by atomic mass is 9.81. The average molecular weight is 188 g/mol. The Hall–Kier alpha value is -1.04. The van der Waals surface area contributed by atoms with Crippen molar-refractivity contribution in [2.45, 2.75) is 13.2 Å². The van der Waals surface area contributed by atoms with Gasteiger partial charge in [0.25, 0.3) is 0 Å². The van der Waals surface area contributed by atoms with Gasteiger partial charge in [0.2, 0.25) is 0 Å². The number of rotatable bonds is 1. The summed E-state index contributed by atoms with van der Waals surface area (Å²) in [6.45, 7) is -4.38. The molecule has 2 rings (SSSR count). The van der Waals surface area contributed by atoms with E-state index in [0.29, 0.717) is 17.9 Å². The number of nitrogens with zero attached hydrogens (tertiary/aromatic N) is 1. The summed E-state index contributed by atoms with van der Waals surface area (Å²) < 4.78 is 41.7. The van der Waals surface area contributed by atoms with Gasteiger partial charge in [-0.05, 0) is 5.56 Å². The molecule has 1 aliphatic heterocycles. The van der Waals surface area contributed by atoms with Crippen LogP contribution in [0.3, 0.4) is 0 Å². The minimum absolute atomic E-state index is 0.238. The summed E-state index contributed by atoms with van der Waals surface area (Å²) in [5.41, 5.74) is 0.518. The van der Waals surface area contributed by atoms with E-state index in [1.165, 1.54) is 0 Å². The molecular weight excluding hydrogens is 182 g/mol. The molecule has 1 aromatic heterocycles. The van der Waals surface area contributed by atoms with Crippen LogP contribution in [0.25, 0.3) is 0 Å². The van der Waals surface area contributed by atoms with E-state index < -0.39 is 12.4 Å². The zero-order valence-corrected chi connectivity index (χ0v) is 6.64. The van der Waals surface area contributed by atoms with Crippen LogP contribution in [-0.4, -0.2) is 12.0 Å². The first-order chi connectivity index (χ1) is 6.07. The Morgan fingerprint density at radius 2 is 2.08 bits per heavy atom. The molecule has 0 N–H and O–H groups in total. The van der Waals surface area contributed by atoms with Crippen molar-refractivity contribution in [1.82, 2.24) is 4.98 Å². The van der Waals surface area contributed by atoms with Crippen molar-refractivity contribution in [2.75, 3.05) is 0 Å². The summed E-state index contributed by atoms with van der Waals surface area (Å²) >= 11 is 0. The minimum Gasteiger partial charge on any atom is -0.445 e. The number of halogens is 3. The molecule has 0 saturated heterocycles. The quantitative estimate of drug-likeness (QED) is 0.617. The van der Waals surface area contributed by atoms with Crippen LogP contribution in [0.5, 0.6) is 0 Å². The van der Waals surface area contributed by atoms with E-state index in [9.17, 15) is 12.9 Å². The maximum Gasteiger partial charge on any atom is 0.511 e. The number of fused-ring (bicyclic) bond motifs is 1. The van der Waals surface area contributed by atoms with E-state index in [0.717, 1.165) is 12.3 Å². The Morgan fingerprint density at radius 3 is 2.77 bits per heavy atom. The van der Waals surface area contributed by atoms with Gasteiger partial charge in [-0.3, -0.25) is 4.98 Å². The SMILES string of the molecule is F[B-](F)(F)c1cnc2c(c1)COC2. The first kappa shape index (κ1) is 8.56. The molecule has 1 aliphatic rings. The van der Waals surface area contributed by atoms with Gasteiger partial charge in [-0.25, -0.2) is 0 Å². The van der Waals surface area contributed by atoms with Gasteiger partial charge < -0.3 is 17.7 Å². The van der Waals surface area contributed by atoms with E-state index in [1.54, 1.807) is 0 Å². The van der Waals surface area contributed by atoms with Gasteiger partial charge in [-0.15, -0.1) is 0 Å². The molecule has 0 radical (unpaired) electrons. The first-order valence-electron chi connectivity index (χ1n) is 3.83. The zero-order chi connectivity index (χ0) is 9.47. The molecule has 0 aliphatic carbocycles. The van der Waals surface area contributed by atoms with Gasteiger partial charge in [0.05, 0.1) is 18.9 Å². The molecule has 0 amide bonds. The van der Waals surface area contributed by atoms with Gasteiger partial charge >= 0.3 is 6.98 Å². The van der Waals surface area contributed by atoms with Crippen LogP contribution in [0, 0.1) is 0 Å². The van der Waals surface area contributed by atoms with E-state index >= 15 is 0 Å². The van der Waals surface area contributed by atoms with Crippen molar-refractivity contribution in [1.29, 1.82) is 0 Å². The second kappa shape index (κ2) is 2.73. The predicted molar refractivity (Wildman–Crippen MR) is 41.4 cm³/mol. The fourth-order valence-electron chi connectivity index (χ4n) is 1.25. The smallest absolute Gasteiger partial charge is 0.445 e. The van der Waals surface area contributed by atoms with Crippen LogP contribution in [0.2, 0.25) is 0 Å². The lowest BCUT2D eigenvalue weighted by Gasteiger charge is -2.14. The highest BCUT2D eigenvalue weighted by Gasteiger charge is 2.27. The summed E-state index contributed by atoms with van der Waals surface area (Å²) in [4.78, 5) is 3.70. The van der Waals surface area contributed by atoms with Crippen molar-refractivity contribution in [3.8, 4) is 0 Å². The first-order valence-corrected chi connectivity index (χ1v) is 3.83. The van der Waals surface area contributed by atoms with Crippen LogP contribution < -0.4 is 5.46 Å². The summed E-state index contributed by atoms with van der Waals surface area (Å²) in [6, 6.07) is 1.12. The number of pyridine rings is 1. The number of ether oxygens (including phenoxy) is 1. The molecule has 0 unspecified atom stereocenters. The molecule has 70 valence electrons. The summed E-state index contributed by atoms with van der Waals surface area (Å²) in [6.07, 6.45) is 0.869. The number of hydrogen-bond acceptors (Lipinski definition) is 2. The van der Waals surface area contributed by atoms with Crippen LogP contribution >= 0.6 is 0 Å². The molecule has 2 heterocycles. The molecule has 6 heteroatoms. The monoisotopic (exact) mass is 188 g/mol. The van der Waals surface area contributed by atoms with Crippen molar-refractivity contribution in [2.24, 2.45) is 0 Å². The lowest BCUT2D eigenvalue weighted by molar-refractivity contribution is 0.133. The van der Waals surface area contributed by atoms with E-state index in [4.69, 9.17) is 4.74 Å². The second-order valence-corrected chi connectivity index (χ2v) is 2.94. The Bertz CT molecular complexity index is 339. The van der Waals surface area contributed by atoms with E-state index in [2.05, 4.69) is 4.98 Å². The lowest BCUT2D eigenvalue weighted by Crippen LogP contribution is -2.34. The van der Waals surface area contributed by atoms with Gasteiger partial charge in [0.15, 0.2) is 0 Å². The predicted octanol–water partition coefficient (Wildman–Crippen LogP) is 1.17. The standard InChI is InChI=1S/C7H6BF3NO/c9-8(10,11)6-1-5-3-13-4-7(5)12-2-6/h1-2H,3-4H2/q-1. The molecule has 0 aromatic carbocycles. The third-order valence-corrected chi connectivity index (χ3v) is 1.96. The van der Waals surface area contributed by atoms with Gasteiger partial charge in [-0.1, -0.05) is 11.5 Å². The van der Waals surface area contributed by atoms with Crippen LogP contribution in [0.4, 0.5) is 12.9 Å². The molecule has 0 saturated carbocycles. The molecule has 13 heavy (non-hydrogen) atoms. The maximum absolute atomic E-state index is 12.2. The van der Waals surface area contributed by atoms with Crippen molar-refractivity contribution in [3.63, 3.8) is 0 Å². The third kappa shape index (κ3) is 1.53. The van der Waals surface area contributed by atoms with E-state index in [-0.39, 0.29) is 6.61 Å². The van der Waals surface area contributed by atoms with E-state index in [1.807, 2.05) is 0 Å². The van der Waals surface area contributed by atoms with Gasteiger partial charge in [0, 0.05) is 6.20 Å². The van der Waals surface area contributed by atoms with Crippen LogP contribution in [0.15, 0.2) is 12.3 Å². The number of aromatic nitrogens is 1. The molecular formula is C7H6BF3NO-. The zero-order valence-electron chi connectivity index (χ0n) is 6.64. The normalized spacial score (nSPS) is 15.9. The topological polar surface area (TPSA) is 22.1 Å². The highest BCUT2D eigenvalue weighted by molar-refractivity contribution is 6.73. The fourth-order valence-corrected chi connectivity index (χ4v) is 1.25. The summed E-state index contributed by atoms with van der Waals surface area (Å²) in [7, 11) is 0. The fraction of sp³-hybridized carbons (Fsp3) is 0.286. The van der Waals surface area contributed by atoms with Crippen LogP contribution in [-0.2, 0) is 18.0 Å². The molecule has 2 nitrogen and oxygen atoms in total. The maximum atomic E-state index is 12.2. The molecule has 0 atom stereocenters. The molecule has 1 aromatic rings. The average Bonchev–Trinajstić information content (AvgIpc) is 2.47. The highest BCUT2D eigenvalue weighted by atomic mass is 19.4. The Labute approximate surface area is 72.8 Å². The molecule has 0 bridgehead atoms. The Balaban J connectivity index is 2.42. The Morgan fingerprint density at radius 1 is 1.31 bits per heavy atom.